The number of halogens is 1. The van der Waals surface area contributed by atoms with Crippen LogP contribution in [0.25, 0.3) is 5.65 Å². The molecule has 0 bridgehead atoms. The molecule has 0 radical (unpaired) electrons. The second-order valence-electron chi connectivity index (χ2n) is 6.41. The zero-order valence-corrected chi connectivity index (χ0v) is 15.7. The SMILES string of the molecule is O=C(Nc1ccc(F)cc1)Nc1ccc(OCc2cc(=O)n3ccccc3n2)cc1. The highest BCUT2D eigenvalue weighted by Gasteiger charge is 2.05. The van der Waals surface area contributed by atoms with Gasteiger partial charge < -0.3 is 15.4 Å². The Morgan fingerprint density at radius 1 is 0.967 bits per heavy atom. The number of pyridine rings is 1. The van der Waals surface area contributed by atoms with Gasteiger partial charge in [0.1, 0.15) is 23.8 Å². The van der Waals surface area contributed by atoms with E-state index in [0.29, 0.717) is 28.5 Å². The zero-order chi connectivity index (χ0) is 20.9. The Morgan fingerprint density at radius 3 is 2.33 bits per heavy atom. The van der Waals surface area contributed by atoms with Crippen LogP contribution in [0.5, 0.6) is 5.75 Å². The molecule has 4 aromatic rings. The highest BCUT2D eigenvalue weighted by atomic mass is 19.1. The highest BCUT2D eigenvalue weighted by molar-refractivity contribution is 5.99. The molecule has 0 aliphatic rings. The lowest BCUT2D eigenvalue weighted by molar-refractivity contribution is 0.262. The van der Waals surface area contributed by atoms with Crippen molar-refractivity contribution in [3.8, 4) is 5.75 Å². The fourth-order valence-corrected chi connectivity index (χ4v) is 2.80. The molecule has 0 aliphatic heterocycles. The van der Waals surface area contributed by atoms with Crippen LogP contribution in [0.1, 0.15) is 5.69 Å². The number of hydrogen-bond acceptors (Lipinski definition) is 4. The Hall–Kier alpha value is -4.20. The van der Waals surface area contributed by atoms with Crippen LogP contribution in [0, 0.1) is 5.82 Å². The van der Waals surface area contributed by atoms with Gasteiger partial charge in [-0.2, -0.15) is 0 Å². The van der Waals surface area contributed by atoms with Gasteiger partial charge in [-0.25, -0.2) is 14.2 Å². The second-order valence-corrected chi connectivity index (χ2v) is 6.41. The number of nitrogens with one attached hydrogen (secondary N) is 2. The molecule has 0 saturated carbocycles. The maximum absolute atomic E-state index is 12.9. The van der Waals surface area contributed by atoms with Crippen molar-refractivity contribution in [3.05, 3.63) is 101 Å². The van der Waals surface area contributed by atoms with Crippen molar-refractivity contribution in [2.75, 3.05) is 10.6 Å². The Morgan fingerprint density at radius 2 is 1.63 bits per heavy atom. The summed E-state index contributed by atoms with van der Waals surface area (Å²) in [7, 11) is 0. The summed E-state index contributed by atoms with van der Waals surface area (Å²) in [5.41, 5.74) is 1.94. The van der Waals surface area contributed by atoms with Gasteiger partial charge >= 0.3 is 6.03 Å². The van der Waals surface area contributed by atoms with E-state index in [2.05, 4.69) is 15.6 Å². The molecule has 150 valence electrons. The molecule has 0 atom stereocenters. The monoisotopic (exact) mass is 404 g/mol. The lowest BCUT2D eigenvalue weighted by Gasteiger charge is -2.10. The van der Waals surface area contributed by atoms with Gasteiger partial charge in [0, 0.05) is 23.6 Å². The van der Waals surface area contributed by atoms with Crippen LogP contribution >= 0.6 is 0 Å². The van der Waals surface area contributed by atoms with Gasteiger partial charge in [-0.3, -0.25) is 9.20 Å². The van der Waals surface area contributed by atoms with E-state index >= 15 is 0 Å². The number of anilines is 2. The summed E-state index contributed by atoms with van der Waals surface area (Å²) >= 11 is 0. The first-order chi connectivity index (χ1) is 14.6. The summed E-state index contributed by atoms with van der Waals surface area (Å²) < 4.78 is 20.1. The van der Waals surface area contributed by atoms with E-state index in [9.17, 15) is 14.0 Å². The fourth-order valence-electron chi connectivity index (χ4n) is 2.80. The first kappa shape index (κ1) is 19.1. The van der Waals surface area contributed by atoms with E-state index in [1.807, 2.05) is 6.07 Å². The maximum atomic E-state index is 12.9. The quantitative estimate of drug-likeness (QED) is 0.525. The van der Waals surface area contributed by atoms with Crippen LogP contribution < -0.4 is 20.9 Å². The number of rotatable bonds is 5. The van der Waals surface area contributed by atoms with Gasteiger partial charge in [0.25, 0.3) is 5.56 Å². The number of hydrogen-bond donors (Lipinski definition) is 2. The standard InChI is InChI=1S/C22H17FN4O3/c23-15-4-6-16(7-5-15)25-22(29)26-17-8-10-19(11-9-17)30-14-18-13-21(28)27-12-2-1-3-20(27)24-18/h1-13H,14H2,(H2,25,26,29). The third-order valence-corrected chi connectivity index (χ3v) is 4.23. The molecular weight excluding hydrogens is 387 g/mol. The topological polar surface area (TPSA) is 84.7 Å². The van der Waals surface area contributed by atoms with E-state index in [4.69, 9.17) is 4.74 Å². The predicted octanol–water partition coefficient (Wildman–Crippen LogP) is 4.06. The highest BCUT2D eigenvalue weighted by Crippen LogP contribution is 2.17. The molecular formula is C22H17FN4O3. The number of nitrogens with zero attached hydrogens (tertiary/aromatic N) is 2. The van der Waals surface area contributed by atoms with E-state index in [1.165, 1.54) is 34.7 Å². The number of benzene rings is 2. The number of aromatic nitrogens is 2. The van der Waals surface area contributed by atoms with Gasteiger partial charge in [-0.1, -0.05) is 6.07 Å². The van der Waals surface area contributed by atoms with E-state index in [-0.39, 0.29) is 18.0 Å². The van der Waals surface area contributed by atoms with Crippen LogP contribution in [0.15, 0.2) is 83.8 Å². The third-order valence-electron chi connectivity index (χ3n) is 4.23. The molecule has 0 spiro atoms. The molecule has 30 heavy (non-hydrogen) atoms. The zero-order valence-electron chi connectivity index (χ0n) is 15.7. The first-order valence-electron chi connectivity index (χ1n) is 9.10. The van der Waals surface area contributed by atoms with Crippen molar-refractivity contribution in [3.63, 3.8) is 0 Å². The van der Waals surface area contributed by atoms with Crippen LogP contribution in [-0.2, 0) is 6.61 Å². The predicted molar refractivity (Wildman–Crippen MR) is 111 cm³/mol. The normalized spacial score (nSPS) is 10.6. The van der Waals surface area contributed by atoms with E-state index in [1.54, 1.807) is 42.6 Å². The number of carbonyl (C=O) groups excluding carboxylic acids is 1. The second kappa shape index (κ2) is 8.44. The minimum absolute atomic E-state index is 0.137. The average Bonchev–Trinajstić information content (AvgIpc) is 2.75. The van der Waals surface area contributed by atoms with Crippen LogP contribution in [-0.4, -0.2) is 15.4 Å². The van der Waals surface area contributed by atoms with E-state index in [0.717, 1.165) is 0 Å². The summed E-state index contributed by atoms with van der Waals surface area (Å²) in [6, 6.07) is 18.5. The maximum Gasteiger partial charge on any atom is 0.323 e. The Balaban J connectivity index is 1.35. The number of ether oxygens (including phenoxy) is 1. The van der Waals surface area contributed by atoms with Crippen LogP contribution in [0.2, 0.25) is 0 Å². The van der Waals surface area contributed by atoms with Crippen molar-refractivity contribution < 1.29 is 13.9 Å². The molecule has 0 unspecified atom stereocenters. The molecule has 2 heterocycles. The molecule has 0 aliphatic carbocycles. The van der Waals surface area contributed by atoms with Gasteiger partial charge in [-0.05, 0) is 60.7 Å². The summed E-state index contributed by atoms with van der Waals surface area (Å²) in [5.74, 6) is 0.190. The summed E-state index contributed by atoms with van der Waals surface area (Å²) in [5, 5.41) is 5.29. The third kappa shape index (κ3) is 4.61. The van der Waals surface area contributed by atoms with Gasteiger partial charge in [0.05, 0.1) is 5.69 Å². The largest absolute Gasteiger partial charge is 0.487 e. The number of amides is 2. The minimum Gasteiger partial charge on any atom is -0.487 e. The number of urea groups is 1. The molecule has 7 nitrogen and oxygen atoms in total. The number of carbonyl (C=O) groups is 1. The lowest BCUT2D eigenvalue weighted by Crippen LogP contribution is -2.19. The molecule has 8 heteroatoms. The van der Waals surface area contributed by atoms with Crippen molar-refractivity contribution in [2.45, 2.75) is 6.61 Å². The Kier molecular flexibility index (Phi) is 5.38. The van der Waals surface area contributed by atoms with Crippen molar-refractivity contribution in [2.24, 2.45) is 0 Å². The van der Waals surface area contributed by atoms with Crippen LogP contribution in [0.4, 0.5) is 20.6 Å². The number of fused-ring (bicyclic) bond motifs is 1. The molecule has 0 fully saturated rings. The minimum atomic E-state index is -0.448. The van der Waals surface area contributed by atoms with Gasteiger partial charge in [-0.15, -0.1) is 0 Å². The fraction of sp³-hybridized carbons (Fsp3) is 0.0455. The van der Waals surface area contributed by atoms with Crippen molar-refractivity contribution in [1.82, 2.24) is 9.38 Å². The Bertz CT molecular complexity index is 1240. The summed E-state index contributed by atoms with van der Waals surface area (Å²) in [6.07, 6.45) is 1.66. The molecule has 4 rings (SSSR count). The molecule has 2 N–H and O–H groups in total. The molecule has 2 aromatic heterocycles. The van der Waals surface area contributed by atoms with Crippen molar-refractivity contribution in [1.29, 1.82) is 0 Å². The van der Waals surface area contributed by atoms with Crippen molar-refractivity contribution >= 4 is 23.1 Å². The molecule has 2 amide bonds. The van der Waals surface area contributed by atoms with Gasteiger partial charge in [0.2, 0.25) is 0 Å². The van der Waals surface area contributed by atoms with E-state index < -0.39 is 6.03 Å². The lowest BCUT2D eigenvalue weighted by atomic mass is 10.3. The summed E-state index contributed by atoms with van der Waals surface area (Å²) in [4.78, 5) is 28.5. The smallest absolute Gasteiger partial charge is 0.323 e. The summed E-state index contributed by atoms with van der Waals surface area (Å²) in [6.45, 7) is 0.137. The average molecular weight is 404 g/mol. The first-order valence-corrected chi connectivity index (χ1v) is 9.10. The molecule has 0 saturated heterocycles. The molecule has 2 aromatic carbocycles. The van der Waals surface area contributed by atoms with Gasteiger partial charge in [0.15, 0.2) is 0 Å². The van der Waals surface area contributed by atoms with Crippen LogP contribution in [0.3, 0.4) is 0 Å². The Labute approximate surface area is 170 Å².